The van der Waals surface area contributed by atoms with Crippen molar-refractivity contribution < 1.29 is 19.6 Å². The molecule has 0 fully saturated rings. The van der Waals surface area contributed by atoms with Crippen LogP contribution < -0.4 is 5.11 Å². The molecule has 0 aliphatic carbocycles. The number of hydrogen-bond donors (Lipinski definition) is 0. The van der Waals surface area contributed by atoms with Crippen LogP contribution in [0.3, 0.4) is 0 Å². The van der Waals surface area contributed by atoms with Crippen molar-refractivity contribution in [3.63, 3.8) is 0 Å². The molecule has 2 aromatic rings. The largest absolute Gasteiger partial charge is 0.548 e. The highest BCUT2D eigenvalue weighted by Crippen LogP contribution is 2.16. The number of carboxylic acid groups (broad SMARTS) is 1. The van der Waals surface area contributed by atoms with Crippen LogP contribution >= 0.6 is 0 Å². The van der Waals surface area contributed by atoms with Crippen molar-refractivity contribution in [1.29, 1.82) is 0 Å². The van der Waals surface area contributed by atoms with Gasteiger partial charge in [-0.05, 0) is 11.8 Å². The highest BCUT2D eigenvalue weighted by molar-refractivity contribution is 5.98. The smallest absolute Gasteiger partial charge is 0.490 e. The Kier molecular flexibility index (Phi) is 4.25. The lowest BCUT2D eigenvalue weighted by atomic mass is 10.0. The second-order valence-electron chi connectivity index (χ2n) is 4.61. The van der Waals surface area contributed by atoms with Crippen molar-refractivity contribution in [2.24, 2.45) is 0 Å². The Morgan fingerprint density at radius 1 is 1.32 bits per heavy atom. The van der Waals surface area contributed by atoms with Crippen LogP contribution in [0.5, 0.6) is 0 Å². The zero-order valence-electron chi connectivity index (χ0n) is 11.5. The highest BCUT2D eigenvalue weighted by atomic mass is 16.6. The standard InChI is InChI=1S/C13H12N4O5/c1-8-2-4-9(5-3-8)11(18)6-10(12(19)20)16-7-14-13(15-16)17(21)22/h2-5,7,10H,6H2,1H3,(H,19,20)/p-1/t10-/m1/s1. The Bertz CT molecular complexity index is 722. The lowest BCUT2D eigenvalue weighted by molar-refractivity contribution is -0.394. The first kappa shape index (κ1) is 15.3. The lowest BCUT2D eigenvalue weighted by Crippen LogP contribution is -2.35. The van der Waals surface area contributed by atoms with Gasteiger partial charge in [0.25, 0.3) is 0 Å². The van der Waals surface area contributed by atoms with E-state index in [9.17, 15) is 24.8 Å². The summed E-state index contributed by atoms with van der Waals surface area (Å²) in [5, 5.41) is 25.1. The van der Waals surface area contributed by atoms with Crippen LogP contribution in [0.15, 0.2) is 30.6 Å². The molecule has 1 atom stereocenters. The fraction of sp³-hybridized carbons (Fsp3) is 0.231. The molecule has 1 aromatic carbocycles. The molecular formula is C13H11N4O5-. The Balaban J connectivity index is 2.21. The maximum Gasteiger partial charge on any atom is 0.490 e. The first-order valence-corrected chi connectivity index (χ1v) is 6.24. The molecule has 22 heavy (non-hydrogen) atoms. The molecule has 0 saturated carbocycles. The molecule has 0 N–H and O–H groups in total. The summed E-state index contributed by atoms with van der Waals surface area (Å²) >= 11 is 0. The van der Waals surface area contributed by atoms with Crippen LogP contribution in [-0.2, 0) is 4.79 Å². The van der Waals surface area contributed by atoms with Crippen LogP contribution in [0.4, 0.5) is 5.95 Å². The highest BCUT2D eigenvalue weighted by Gasteiger charge is 2.24. The number of carbonyl (C=O) groups excluding carboxylic acids is 2. The van der Waals surface area contributed by atoms with Gasteiger partial charge in [0.05, 0.1) is 5.97 Å². The molecule has 0 saturated heterocycles. The van der Waals surface area contributed by atoms with Crippen LogP contribution in [0.25, 0.3) is 0 Å². The molecule has 2 rings (SSSR count). The molecule has 114 valence electrons. The summed E-state index contributed by atoms with van der Waals surface area (Å²) in [6.07, 6.45) is 0.451. The van der Waals surface area contributed by atoms with Gasteiger partial charge in [-0.15, -0.1) is 0 Å². The number of aryl methyl sites for hydroxylation is 1. The minimum atomic E-state index is -1.57. The van der Waals surface area contributed by atoms with E-state index in [0.717, 1.165) is 16.6 Å². The Morgan fingerprint density at radius 2 is 1.95 bits per heavy atom. The predicted molar refractivity (Wildman–Crippen MR) is 70.8 cm³/mol. The number of aliphatic carboxylic acids is 1. The Hall–Kier alpha value is -3.10. The molecule has 0 spiro atoms. The number of nitrogens with zero attached hydrogens (tertiary/aromatic N) is 4. The topological polar surface area (TPSA) is 131 Å². The van der Waals surface area contributed by atoms with Crippen molar-refractivity contribution >= 4 is 17.7 Å². The maximum absolute atomic E-state index is 12.1. The van der Waals surface area contributed by atoms with Crippen molar-refractivity contribution in [3.05, 3.63) is 51.8 Å². The molecule has 9 nitrogen and oxygen atoms in total. The number of ketones is 1. The molecule has 1 heterocycles. The summed E-state index contributed by atoms with van der Waals surface area (Å²) in [7, 11) is 0. The third-order valence-corrected chi connectivity index (χ3v) is 3.00. The first-order chi connectivity index (χ1) is 10.4. The van der Waals surface area contributed by atoms with Crippen LogP contribution in [0.1, 0.15) is 28.4 Å². The van der Waals surface area contributed by atoms with Crippen molar-refractivity contribution in [1.82, 2.24) is 14.8 Å². The van der Waals surface area contributed by atoms with Gasteiger partial charge in [0, 0.05) is 17.1 Å². The summed E-state index contributed by atoms with van der Waals surface area (Å²) in [6.45, 7) is 1.85. The minimum absolute atomic E-state index is 0.339. The van der Waals surface area contributed by atoms with E-state index in [-0.39, 0.29) is 0 Å². The van der Waals surface area contributed by atoms with E-state index in [4.69, 9.17) is 0 Å². The normalized spacial score (nSPS) is 11.9. The Morgan fingerprint density at radius 3 is 2.45 bits per heavy atom. The fourth-order valence-corrected chi connectivity index (χ4v) is 1.82. The summed E-state index contributed by atoms with van der Waals surface area (Å²) in [6, 6.07) is 5.14. The average molecular weight is 303 g/mol. The van der Waals surface area contributed by atoms with Gasteiger partial charge < -0.3 is 20.0 Å². The summed E-state index contributed by atoms with van der Waals surface area (Å²) < 4.78 is 0.750. The Labute approximate surface area is 124 Å². The number of nitro groups is 1. The molecule has 9 heteroatoms. The first-order valence-electron chi connectivity index (χ1n) is 6.24. The maximum atomic E-state index is 12.1. The van der Waals surface area contributed by atoms with Gasteiger partial charge >= 0.3 is 5.95 Å². The number of hydrogen-bond acceptors (Lipinski definition) is 7. The van der Waals surface area contributed by atoms with Crippen molar-refractivity contribution in [3.8, 4) is 0 Å². The van der Waals surface area contributed by atoms with Gasteiger partial charge in [-0.1, -0.05) is 34.8 Å². The van der Waals surface area contributed by atoms with E-state index in [1.165, 1.54) is 0 Å². The lowest BCUT2D eigenvalue weighted by Gasteiger charge is -2.14. The monoisotopic (exact) mass is 303 g/mol. The van der Waals surface area contributed by atoms with Crippen LogP contribution in [0.2, 0.25) is 0 Å². The second kappa shape index (κ2) is 6.12. The van der Waals surface area contributed by atoms with Crippen molar-refractivity contribution in [2.75, 3.05) is 0 Å². The van der Waals surface area contributed by atoms with E-state index in [1.54, 1.807) is 24.3 Å². The van der Waals surface area contributed by atoms with Gasteiger partial charge in [-0.3, -0.25) is 4.79 Å². The molecule has 1 aromatic heterocycles. The zero-order valence-corrected chi connectivity index (χ0v) is 11.5. The van der Waals surface area contributed by atoms with Gasteiger partial charge in [0.15, 0.2) is 5.78 Å². The number of rotatable bonds is 6. The van der Waals surface area contributed by atoms with E-state index in [0.29, 0.717) is 5.56 Å². The van der Waals surface area contributed by atoms with Gasteiger partial charge in [-0.2, -0.15) is 4.68 Å². The summed E-state index contributed by atoms with van der Waals surface area (Å²) in [4.78, 5) is 36.3. The molecule has 0 radical (unpaired) electrons. The number of benzene rings is 1. The van der Waals surface area contributed by atoms with E-state index in [2.05, 4.69) is 10.1 Å². The third-order valence-electron chi connectivity index (χ3n) is 3.00. The van der Waals surface area contributed by atoms with E-state index in [1.807, 2.05) is 6.92 Å². The van der Waals surface area contributed by atoms with Crippen molar-refractivity contribution in [2.45, 2.75) is 19.4 Å². The minimum Gasteiger partial charge on any atom is -0.548 e. The molecule has 0 aliphatic heterocycles. The average Bonchev–Trinajstić information content (AvgIpc) is 2.94. The van der Waals surface area contributed by atoms with E-state index < -0.39 is 35.1 Å². The quantitative estimate of drug-likeness (QED) is 0.418. The molecule has 0 bridgehead atoms. The fourth-order valence-electron chi connectivity index (χ4n) is 1.82. The molecule has 0 unspecified atom stereocenters. The number of Topliss-reactive ketones (excluding diaryl/α,β-unsaturated/α-hetero) is 1. The van der Waals surface area contributed by atoms with E-state index >= 15 is 0 Å². The van der Waals surface area contributed by atoms with Gasteiger partial charge in [0.2, 0.25) is 6.33 Å². The van der Waals surface area contributed by atoms with Crippen LogP contribution in [-0.4, -0.2) is 31.4 Å². The summed E-state index contributed by atoms with van der Waals surface area (Å²) in [5.41, 5.74) is 1.30. The second-order valence-corrected chi connectivity index (χ2v) is 4.61. The van der Waals surface area contributed by atoms with Gasteiger partial charge in [0.1, 0.15) is 6.04 Å². The zero-order chi connectivity index (χ0) is 16.3. The number of aromatic nitrogens is 3. The number of carboxylic acids is 1. The molecular weight excluding hydrogens is 292 g/mol. The molecule has 0 aliphatic rings. The summed E-state index contributed by atoms with van der Waals surface area (Å²) in [5.74, 6) is -2.75. The molecule has 0 amide bonds. The van der Waals surface area contributed by atoms with Crippen LogP contribution in [0, 0.1) is 17.0 Å². The van der Waals surface area contributed by atoms with Gasteiger partial charge in [-0.25, -0.2) is 0 Å². The third kappa shape index (κ3) is 3.32. The number of carbonyl (C=O) groups is 2. The SMILES string of the molecule is Cc1ccc(C(=O)C[C@H](C(=O)[O-])n2cnc([N+](=O)[O-])n2)cc1. The predicted octanol–water partition coefficient (Wildman–Crippen LogP) is 0.0587.